The van der Waals surface area contributed by atoms with Crippen molar-refractivity contribution in [2.24, 2.45) is 0 Å². The lowest BCUT2D eigenvalue weighted by atomic mass is 10.2. The highest BCUT2D eigenvalue weighted by Gasteiger charge is 2.11. The fourth-order valence-electron chi connectivity index (χ4n) is 1.51. The van der Waals surface area contributed by atoms with Crippen molar-refractivity contribution < 1.29 is 9.90 Å². The third kappa shape index (κ3) is 3.06. The van der Waals surface area contributed by atoms with Gasteiger partial charge in [-0.25, -0.2) is 0 Å². The van der Waals surface area contributed by atoms with Crippen molar-refractivity contribution in [1.29, 1.82) is 0 Å². The molecule has 15 heavy (non-hydrogen) atoms. The second-order valence-corrected chi connectivity index (χ2v) is 4.20. The van der Waals surface area contributed by atoms with Crippen LogP contribution in [0.3, 0.4) is 0 Å². The zero-order valence-corrected chi connectivity index (χ0v) is 10.5. The van der Waals surface area contributed by atoms with E-state index in [0.717, 1.165) is 28.8 Å². The third-order valence-corrected chi connectivity index (χ3v) is 3.29. The van der Waals surface area contributed by atoms with Gasteiger partial charge in [0.25, 0.3) is 0 Å². The van der Waals surface area contributed by atoms with E-state index in [0.29, 0.717) is 6.42 Å². The number of carbonyl (C=O) groups is 1. The molecule has 0 unspecified atom stereocenters. The van der Waals surface area contributed by atoms with Crippen LogP contribution in [0.5, 0.6) is 0 Å². The van der Waals surface area contributed by atoms with E-state index in [2.05, 4.69) is 21.0 Å². The second kappa shape index (κ2) is 5.30. The summed E-state index contributed by atoms with van der Waals surface area (Å²) in [4.78, 5) is 10.4. The van der Waals surface area contributed by atoms with Crippen LogP contribution in [0.2, 0.25) is 0 Å². The fourth-order valence-corrected chi connectivity index (χ4v) is 2.00. The fraction of sp³-hybridized carbons (Fsp3) is 0.600. The van der Waals surface area contributed by atoms with Gasteiger partial charge in [-0.05, 0) is 42.6 Å². The zero-order chi connectivity index (χ0) is 11.4. The number of hydrogen-bond donors (Lipinski definition) is 1. The van der Waals surface area contributed by atoms with Crippen LogP contribution in [0.25, 0.3) is 0 Å². The van der Waals surface area contributed by atoms with Crippen LogP contribution in [0, 0.1) is 6.92 Å². The number of aromatic nitrogens is 2. The summed E-state index contributed by atoms with van der Waals surface area (Å²) in [6.07, 6.45) is 1.61. The summed E-state index contributed by atoms with van der Waals surface area (Å²) in [5.74, 6) is -0.745. The molecular formula is C10H15BrN2O2. The molecule has 1 aromatic heterocycles. The molecule has 0 saturated heterocycles. The van der Waals surface area contributed by atoms with Crippen molar-refractivity contribution >= 4 is 21.9 Å². The van der Waals surface area contributed by atoms with Gasteiger partial charge in [-0.15, -0.1) is 0 Å². The van der Waals surface area contributed by atoms with E-state index in [1.54, 1.807) is 0 Å². The smallest absolute Gasteiger partial charge is 0.303 e. The molecule has 0 aliphatic rings. The lowest BCUT2D eigenvalue weighted by molar-refractivity contribution is -0.137. The summed E-state index contributed by atoms with van der Waals surface area (Å²) in [5, 5.41) is 12.9. The number of hydrogen-bond acceptors (Lipinski definition) is 2. The molecule has 0 aliphatic carbocycles. The lowest BCUT2D eigenvalue weighted by Crippen LogP contribution is -2.04. The molecule has 1 aromatic rings. The summed E-state index contributed by atoms with van der Waals surface area (Å²) in [7, 11) is 0. The molecule has 0 radical (unpaired) electrons. The Bertz CT molecular complexity index is 361. The topological polar surface area (TPSA) is 55.1 Å². The SMILES string of the molecule is CCn1nc(C)c(Br)c1CCCC(=O)O. The Balaban J connectivity index is 2.70. The van der Waals surface area contributed by atoms with Gasteiger partial charge in [-0.1, -0.05) is 0 Å². The Labute approximate surface area is 97.4 Å². The summed E-state index contributed by atoms with van der Waals surface area (Å²) in [6.45, 7) is 4.78. The van der Waals surface area contributed by atoms with Crippen LogP contribution in [-0.2, 0) is 17.8 Å². The second-order valence-electron chi connectivity index (χ2n) is 3.41. The first-order valence-corrected chi connectivity index (χ1v) is 5.79. The molecule has 0 amide bonds. The van der Waals surface area contributed by atoms with Crippen LogP contribution >= 0.6 is 15.9 Å². The van der Waals surface area contributed by atoms with Gasteiger partial charge in [0.2, 0.25) is 0 Å². The summed E-state index contributed by atoms with van der Waals surface area (Å²) in [5.41, 5.74) is 2.05. The summed E-state index contributed by atoms with van der Waals surface area (Å²) < 4.78 is 2.93. The number of carboxylic acids is 1. The van der Waals surface area contributed by atoms with Gasteiger partial charge >= 0.3 is 5.97 Å². The Morgan fingerprint density at radius 1 is 1.60 bits per heavy atom. The number of aryl methyl sites for hydroxylation is 2. The highest BCUT2D eigenvalue weighted by Crippen LogP contribution is 2.22. The molecule has 0 saturated carbocycles. The van der Waals surface area contributed by atoms with Crippen molar-refractivity contribution in [3.8, 4) is 0 Å². The molecule has 0 atom stereocenters. The minimum atomic E-state index is -0.745. The zero-order valence-electron chi connectivity index (χ0n) is 8.96. The van der Waals surface area contributed by atoms with Crippen molar-refractivity contribution in [1.82, 2.24) is 9.78 Å². The van der Waals surface area contributed by atoms with Crippen LogP contribution in [0.4, 0.5) is 0 Å². The van der Waals surface area contributed by atoms with E-state index in [1.165, 1.54) is 0 Å². The van der Waals surface area contributed by atoms with Gasteiger partial charge in [0, 0.05) is 13.0 Å². The van der Waals surface area contributed by atoms with Gasteiger partial charge in [0.15, 0.2) is 0 Å². The molecule has 0 aliphatic heterocycles. The maximum absolute atomic E-state index is 10.4. The van der Waals surface area contributed by atoms with Crippen molar-refractivity contribution in [3.05, 3.63) is 15.9 Å². The van der Waals surface area contributed by atoms with E-state index in [1.807, 2.05) is 18.5 Å². The minimum Gasteiger partial charge on any atom is -0.481 e. The van der Waals surface area contributed by atoms with Gasteiger partial charge in [0.1, 0.15) is 0 Å². The van der Waals surface area contributed by atoms with E-state index in [9.17, 15) is 4.79 Å². The van der Waals surface area contributed by atoms with Gasteiger partial charge in [-0.3, -0.25) is 9.48 Å². The molecule has 1 N–H and O–H groups in total. The maximum Gasteiger partial charge on any atom is 0.303 e. The predicted octanol–water partition coefficient (Wildman–Crippen LogP) is 2.38. The molecule has 84 valence electrons. The molecule has 0 fully saturated rings. The first-order valence-electron chi connectivity index (χ1n) is 4.99. The normalized spacial score (nSPS) is 10.6. The Morgan fingerprint density at radius 3 is 2.80 bits per heavy atom. The van der Waals surface area contributed by atoms with E-state index < -0.39 is 5.97 Å². The first-order chi connectivity index (χ1) is 7.06. The number of halogens is 1. The molecule has 0 bridgehead atoms. The van der Waals surface area contributed by atoms with Crippen molar-refractivity contribution in [3.63, 3.8) is 0 Å². The van der Waals surface area contributed by atoms with Crippen LogP contribution in [-0.4, -0.2) is 20.9 Å². The van der Waals surface area contributed by atoms with Gasteiger partial charge in [0.05, 0.1) is 15.9 Å². The molecule has 0 aromatic carbocycles. The molecule has 0 spiro atoms. The number of aliphatic carboxylic acids is 1. The molecule has 4 nitrogen and oxygen atoms in total. The van der Waals surface area contributed by atoms with Crippen LogP contribution in [0.1, 0.15) is 31.2 Å². The number of rotatable bonds is 5. The van der Waals surface area contributed by atoms with Crippen LogP contribution < -0.4 is 0 Å². The van der Waals surface area contributed by atoms with Gasteiger partial charge in [-0.2, -0.15) is 5.10 Å². The lowest BCUT2D eigenvalue weighted by Gasteiger charge is -2.03. The third-order valence-electron chi connectivity index (χ3n) is 2.26. The van der Waals surface area contributed by atoms with Gasteiger partial charge < -0.3 is 5.11 Å². The Morgan fingerprint density at radius 2 is 2.27 bits per heavy atom. The standard InChI is InChI=1S/C10H15BrN2O2/c1-3-13-8(5-4-6-9(14)15)10(11)7(2)12-13/h3-6H2,1-2H3,(H,14,15). The number of nitrogens with zero attached hydrogens (tertiary/aromatic N) is 2. The Kier molecular flexibility index (Phi) is 4.32. The number of carboxylic acid groups (broad SMARTS) is 1. The monoisotopic (exact) mass is 274 g/mol. The average molecular weight is 275 g/mol. The minimum absolute atomic E-state index is 0.209. The van der Waals surface area contributed by atoms with E-state index in [-0.39, 0.29) is 6.42 Å². The average Bonchev–Trinajstić information content (AvgIpc) is 2.44. The van der Waals surface area contributed by atoms with E-state index in [4.69, 9.17) is 5.11 Å². The largest absolute Gasteiger partial charge is 0.481 e. The highest BCUT2D eigenvalue weighted by molar-refractivity contribution is 9.10. The molecular weight excluding hydrogens is 260 g/mol. The maximum atomic E-state index is 10.4. The molecule has 1 rings (SSSR count). The molecule has 5 heteroatoms. The predicted molar refractivity (Wildman–Crippen MR) is 60.9 cm³/mol. The summed E-state index contributed by atoms with van der Waals surface area (Å²) in [6, 6.07) is 0. The quantitative estimate of drug-likeness (QED) is 0.897. The first kappa shape index (κ1) is 12.2. The van der Waals surface area contributed by atoms with E-state index >= 15 is 0 Å². The summed E-state index contributed by atoms with van der Waals surface area (Å²) >= 11 is 3.48. The molecule has 1 heterocycles. The van der Waals surface area contributed by atoms with Crippen molar-refractivity contribution in [2.75, 3.05) is 0 Å². The van der Waals surface area contributed by atoms with Crippen LogP contribution in [0.15, 0.2) is 4.47 Å². The Hall–Kier alpha value is -0.840. The van der Waals surface area contributed by atoms with Crippen molar-refractivity contribution in [2.45, 2.75) is 39.7 Å². The highest BCUT2D eigenvalue weighted by atomic mass is 79.9.